The second-order valence-electron chi connectivity index (χ2n) is 2.89. The van der Waals surface area contributed by atoms with Gasteiger partial charge in [0.15, 0.2) is 0 Å². The summed E-state index contributed by atoms with van der Waals surface area (Å²) in [6.45, 7) is 1.87. The van der Waals surface area contributed by atoms with Crippen molar-refractivity contribution in [3.8, 4) is 5.75 Å². The van der Waals surface area contributed by atoms with Crippen LogP contribution < -0.4 is 4.74 Å². The fourth-order valence-corrected chi connectivity index (χ4v) is 1.51. The van der Waals surface area contributed by atoms with Crippen LogP contribution >= 0.6 is 15.9 Å². The van der Waals surface area contributed by atoms with Gasteiger partial charge >= 0.3 is 6.18 Å². The average Bonchev–Trinajstić information content (AvgIpc) is 2.17. The highest BCUT2D eigenvalue weighted by Crippen LogP contribution is 2.37. The van der Waals surface area contributed by atoms with Gasteiger partial charge in [0.2, 0.25) is 0 Å². The third-order valence-electron chi connectivity index (χ3n) is 1.80. The fourth-order valence-electron chi connectivity index (χ4n) is 1.16. The summed E-state index contributed by atoms with van der Waals surface area (Å²) in [4.78, 5) is 0. The van der Waals surface area contributed by atoms with Crippen molar-refractivity contribution in [2.75, 3.05) is 6.61 Å². The van der Waals surface area contributed by atoms with Crippen LogP contribution in [0.15, 0.2) is 18.2 Å². The molecule has 1 nitrogen and oxygen atoms in total. The molecule has 0 aromatic heterocycles. The summed E-state index contributed by atoms with van der Waals surface area (Å²) >= 11 is 3.11. The average molecular weight is 283 g/mol. The van der Waals surface area contributed by atoms with Gasteiger partial charge in [-0.25, -0.2) is 0 Å². The van der Waals surface area contributed by atoms with Crippen LogP contribution in [0.25, 0.3) is 0 Å². The molecule has 0 fully saturated rings. The molecule has 1 aromatic rings. The van der Waals surface area contributed by atoms with Gasteiger partial charge < -0.3 is 4.74 Å². The molecular formula is C10H10BrF3O. The first-order chi connectivity index (χ1) is 6.99. The molecule has 0 spiro atoms. The van der Waals surface area contributed by atoms with E-state index in [1.807, 2.05) is 0 Å². The molecule has 0 bridgehead atoms. The van der Waals surface area contributed by atoms with Gasteiger partial charge in [0.25, 0.3) is 0 Å². The fraction of sp³-hybridized carbons (Fsp3) is 0.400. The first kappa shape index (κ1) is 12.4. The van der Waals surface area contributed by atoms with Crippen LogP contribution in [0, 0.1) is 0 Å². The predicted octanol–water partition coefficient (Wildman–Crippen LogP) is 4.00. The van der Waals surface area contributed by atoms with E-state index in [-0.39, 0.29) is 12.4 Å². The number of hydrogen-bond donors (Lipinski definition) is 0. The van der Waals surface area contributed by atoms with Crippen molar-refractivity contribution < 1.29 is 17.9 Å². The van der Waals surface area contributed by atoms with Gasteiger partial charge in [-0.05, 0) is 24.6 Å². The molecule has 0 saturated carbocycles. The molecule has 0 atom stereocenters. The van der Waals surface area contributed by atoms with Crippen molar-refractivity contribution in [1.29, 1.82) is 0 Å². The van der Waals surface area contributed by atoms with E-state index in [2.05, 4.69) is 15.9 Å². The lowest BCUT2D eigenvalue weighted by Crippen LogP contribution is -2.09. The highest BCUT2D eigenvalue weighted by Gasteiger charge is 2.34. The van der Waals surface area contributed by atoms with Crippen LogP contribution in [-0.4, -0.2) is 6.61 Å². The summed E-state index contributed by atoms with van der Waals surface area (Å²) in [7, 11) is 0. The number of rotatable bonds is 3. The molecule has 0 aliphatic rings. The van der Waals surface area contributed by atoms with Crippen molar-refractivity contribution in [3.63, 3.8) is 0 Å². The summed E-state index contributed by atoms with van der Waals surface area (Å²) < 4.78 is 42.7. The molecule has 0 amide bonds. The Balaban J connectivity index is 3.16. The number of benzene rings is 1. The molecule has 0 heterocycles. The lowest BCUT2D eigenvalue weighted by molar-refractivity contribution is -0.138. The molecule has 84 valence electrons. The largest absolute Gasteiger partial charge is 0.493 e. The molecule has 0 saturated heterocycles. The second kappa shape index (κ2) is 4.88. The maximum Gasteiger partial charge on any atom is 0.419 e. The van der Waals surface area contributed by atoms with Crippen LogP contribution in [-0.2, 0) is 11.5 Å². The molecule has 0 unspecified atom stereocenters. The Hall–Kier alpha value is -0.710. The minimum atomic E-state index is -4.37. The van der Waals surface area contributed by atoms with Crippen molar-refractivity contribution in [3.05, 3.63) is 29.3 Å². The third kappa shape index (κ3) is 3.12. The zero-order valence-electron chi connectivity index (χ0n) is 8.07. The lowest BCUT2D eigenvalue weighted by Gasteiger charge is -2.13. The van der Waals surface area contributed by atoms with Crippen LogP contribution in [0.4, 0.5) is 13.2 Å². The normalized spacial score (nSPS) is 11.5. The maximum atomic E-state index is 12.6. The molecule has 5 heteroatoms. The summed E-state index contributed by atoms with van der Waals surface area (Å²) in [5.41, 5.74) is -0.146. The Kier molecular flexibility index (Phi) is 4.02. The number of hydrogen-bond acceptors (Lipinski definition) is 1. The van der Waals surface area contributed by atoms with E-state index in [0.29, 0.717) is 10.9 Å². The summed E-state index contributed by atoms with van der Waals surface area (Å²) in [5, 5.41) is 0.391. The van der Waals surface area contributed by atoms with Gasteiger partial charge in [-0.15, -0.1) is 0 Å². The van der Waals surface area contributed by atoms with E-state index in [4.69, 9.17) is 4.74 Å². The Morgan fingerprint density at radius 1 is 1.33 bits per heavy atom. The van der Waals surface area contributed by atoms with Gasteiger partial charge in [0.05, 0.1) is 12.2 Å². The van der Waals surface area contributed by atoms with E-state index in [9.17, 15) is 13.2 Å². The van der Waals surface area contributed by atoms with Gasteiger partial charge in [-0.1, -0.05) is 22.0 Å². The summed E-state index contributed by atoms with van der Waals surface area (Å²) in [6.07, 6.45) is -4.37. The minimum Gasteiger partial charge on any atom is -0.493 e. The zero-order chi connectivity index (χ0) is 11.5. The SMILES string of the molecule is CCOc1ccc(CBr)cc1C(F)(F)F. The van der Waals surface area contributed by atoms with E-state index < -0.39 is 11.7 Å². The Labute approximate surface area is 94.4 Å². The van der Waals surface area contributed by atoms with Crippen LogP contribution in [0.1, 0.15) is 18.1 Å². The van der Waals surface area contributed by atoms with Gasteiger partial charge in [-0.2, -0.15) is 13.2 Å². The zero-order valence-corrected chi connectivity index (χ0v) is 9.65. The molecule has 0 aliphatic carbocycles. The van der Waals surface area contributed by atoms with Crippen LogP contribution in [0.5, 0.6) is 5.75 Å². The maximum absolute atomic E-state index is 12.6. The molecule has 0 radical (unpaired) electrons. The molecule has 1 aromatic carbocycles. The highest BCUT2D eigenvalue weighted by atomic mass is 79.9. The van der Waals surface area contributed by atoms with Crippen LogP contribution in [0.2, 0.25) is 0 Å². The molecule has 0 aliphatic heterocycles. The van der Waals surface area contributed by atoms with Crippen molar-refractivity contribution in [1.82, 2.24) is 0 Å². The number of alkyl halides is 4. The third-order valence-corrected chi connectivity index (χ3v) is 2.45. The van der Waals surface area contributed by atoms with Crippen molar-refractivity contribution in [2.45, 2.75) is 18.4 Å². The van der Waals surface area contributed by atoms with E-state index in [0.717, 1.165) is 6.07 Å². The summed E-state index contributed by atoms with van der Waals surface area (Å²) in [5.74, 6) is -0.116. The van der Waals surface area contributed by atoms with Crippen molar-refractivity contribution >= 4 is 15.9 Å². The molecule has 15 heavy (non-hydrogen) atoms. The van der Waals surface area contributed by atoms with Crippen molar-refractivity contribution in [2.24, 2.45) is 0 Å². The first-order valence-corrected chi connectivity index (χ1v) is 5.50. The molecular weight excluding hydrogens is 273 g/mol. The Bertz CT molecular complexity index is 336. The van der Waals surface area contributed by atoms with E-state index >= 15 is 0 Å². The minimum absolute atomic E-state index is 0.116. The quantitative estimate of drug-likeness (QED) is 0.762. The topological polar surface area (TPSA) is 9.23 Å². The van der Waals surface area contributed by atoms with Gasteiger partial charge in [0.1, 0.15) is 5.75 Å². The highest BCUT2D eigenvalue weighted by molar-refractivity contribution is 9.08. The lowest BCUT2D eigenvalue weighted by atomic mass is 10.1. The summed E-state index contributed by atoms with van der Waals surface area (Å²) in [6, 6.07) is 4.05. The van der Waals surface area contributed by atoms with Gasteiger partial charge in [0, 0.05) is 5.33 Å². The van der Waals surface area contributed by atoms with Crippen LogP contribution in [0.3, 0.4) is 0 Å². The monoisotopic (exact) mass is 282 g/mol. The molecule has 1 rings (SSSR count). The first-order valence-electron chi connectivity index (χ1n) is 4.38. The number of halogens is 4. The molecule has 0 N–H and O–H groups in total. The Morgan fingerprint density at radius 2 is 2.00 bits per heavy atom. The second-order valence-corrected chi connectivity index (χ2v) is 3.46. The number of ether oxygens (including phenoxy) is 1. The smallest absolute Gasteiger partial charge is 0.419 e. The van der Waals surface area contributed by atoms with E-state index in [1.54, 1.807) is 13.0 Å². The van der Waals surface area contributed by atoms with E-state index in [1.165, 1.54) is 6.07 Å². The standard InChI is InChI=1S/C10H10BrF3O/c1-2-15-9-4-3-7(6-11)5-8(9)10(12,13)14/h3-5H,2,6H2,1H3. The van der Waals surface area contributed by atoms with Gasteiger partial charge in [-0.3, -0.25) is 0 Å². The predicted molar refractivity (Wildman–Crippen MR) is 55.2 cm³/mol. The Morgan fingerprint density at radius 3 is 2.47 bits per heavy atom.